The van der Waals surface area contributed by atoms with Gasteiger partial charge in [0.25, 0.3) is 6.26 Å². The van der Waals surface area contributed by atoms with E-state index < -0.39 is 5.60 Å². The minimum Gasteiger partial charge on any atom is -0.412 e. The molecular weight excluding hydrogens is 242 g/mol. The highest BCUT2D eigenvalue weighted by Gasteiger charge is 2.25. The third-order valence-electron chi connectivity index (χ3n) is 2.66. The molecule has 0 amide bonds. The van der Waals surface area contributed by atoms with E-state index in [0.29, 0.717) is 6.42 Å². The SMILES string of the molecule is N#COC1(C=Cc2ccccc2)C=CC=CC1.S. The summed E-state index contributed by atoms with van der Waals surface area (Å²) in [6, 6.07) is 9.96. The van der Waals surface area contributed by atoms with Crippen LogP contribution in [0.15, 0.2) is 60.7 Å². The van der Waals surface area contributed by atoms with Crippen LogP contribution in [0.3, 0.4) is 0 Å². The standard InChI is InChI=1S/C15H13NO.H2S/c16-13-17-15(10-5-2-6-11-15)12-9-14-7-3-1-4-8-14;/h1-10,12H,11H2;1H2. The second kappa shape index (κ2) is 6.73. The lowest BCUT2D eigenvalue weighted by Crippen LogP contribution is -2.25. The van der Waals surface area contributed by atoms with E-state index >= 15 is 0 Å². The van der Waals surface area contributed by atoms with Crippen molar-refractivity contribution in [1.82, 2.24) is 0 Å². The van der Waals surface area contributed by atoms with Crippen molar-refractivity contribution in [2.45, 2.75) is 12.0 Å². The first-order chi connectivity index (χ1) is 8.35. The van der Waals surface area contributed by atoms with Crippen LogP contribution >= 0.6 is 13.5 Å². The van der Waals surface area contributed by atoms with Crippen molar-refractivity contribution in [3.05, 3.63) is 66.3 Å². The topological polar surface area (TPSA) is 33.0 Å². The zero-order valence-corrected chi connectivity index (χ0v) is 10.9. The van der Waals surface area contributed by atoms with E-state index in [0.717, 1.165) is 5.56 Å². The first-order valence-corrected chi connectivity index (χ1v) is 5.50. The molecule has 3 heteroatoms. The first-order valence-electron chi connectivity index (χ1n) is 5.50. The van der Waals surface area contributed by atoms with Crippen LogP contribution in [0.4, 0.5) is 0 Å². The Morgan fingerprint density at radius 2 is 2.00 bits per heavy atom. The summed E-state index contributed by atoms with van der Waals surface area (Å²) in [5, 5.41) is 8.72. The van der Waals surface area contributed by atoms with Crippen LogP contribution in [-0.2, 0) is 4.74 Å². The fourth-order valence-electron chi connectivity index (χ4n) is 1.74. The van der Waals surface area contributed by atoms with Crippen LogP contribution in [0.1, 0.15) is 12.0 Å². The van der Waals surface area contributed by atoms with E-state index in [1.54, 1.807) is 6.26 Å². The minimum atomic E-state index is -0.626. The molecule has 2 rings (SSSR count). The number of rotatable bonds is 3. The minimum absolute atomic E-state index is 0. The van der Waals surface area contributed by atoms with Crippen LogP contribution < -0.4 is 0 Å². The van der Waals surface area contributed by atoms with E-state index in [1.165, 1.54) is 0 Å². The predicted molar refractivity (Wildman–Crippen MR) is 78.2 cm³/mol. The van der Waals surface area contributed by atoms with E-state index in [2.05, 4.69) is 0 Å². The predicted octanol–water partition coefficient (Wildman–Crippen LogP) is 3.57. The molecule has 18 heavy (non-hydrogen) atoms. The Hall–Kier alpha value is -1.92. The smallest absolute Gasteiger partial charge is 0.287 e. The summed E-state index contributed by atoms with van der Waals surface area (Å²) in [4.78, 5) is 0. The summed E-state index contributed by atoms with van der Waals surface area (Å²) >= 11 is 0. The summed E-state index contributed by atoms with van der Waals surface area (Å²) in [7, 11) is 0. The zero-order valence-electron chi connectivity index (χ0n) is 9.91. The van der Waals surface area contributed by atoms with Gasteiger partial charge in [0.15, 0.2) is 5.60 Å². The number of ether oxygens (including phenoxy) is 1. The van der Waals surface area contributed by atoms with Gasteiger partial charge in [-0.25, -0.2) is 0 Å². The number of nitriles is 1. The van der Waals surface area contributed by atoms with Gasteiger partial charge in [-0.05, 0) is 17.7 Å². The fraction of sp³-hybridized carbons (Fsp3) is 0.133. The summed E-state index contributed by atoms with van der Waals surface area (Å²) in [5.41, 5.74) is 0.468. The molecule has 0 bridgehead atoms. The Labute approximate surface area is 114 Å². The van der Waals surface area contributed by atoms with Gasteiger partial charge in [0.2, 0.25) is 0 Å². The molecule has 0 N–H and O–H groups in total. The third-order valence-corrected chi connectivity index (χ3v) is 2.66. The molecule has 1 atom stereocenters. The number of hydrogen-bond donors (Lipinski definition) is 0. The Morgan fingerprint density at radius 1 is 1.22 bits per heavy atom. The monoisotopic (exact) mass is 257 g/mol. The summed E-state index contributed by atoms with van der Waals surface area (Å²) in [6.45, 7) is 0. The molecule has 0 saturated carbocycles. The molecule has 0 aromatic heterocycles. The normalized spacial score (nSPS) is 21.3. The molecule has 0 saturated heterocycles. The Kier molecular flexibility index (Phi) is 5.29. The summed E-state index contributed by atoms with van der Waals surface area (Å²) in [5.74, 6) is 0. The van der Waals surface area contributed by atoms with Gasteiger partial charge < -0.3 is 4.74 Å². The molecular formula is C15H15NOS. The van der Waals surface area contributed by atoms with Gasteiger partial charge in [-0.2, -0.15) is 18.8 Å². The van der Waals surface area contributed by atoms with Gasteiger partial charge in [-0.3, -0.25) is 0 Å². The zero-order chi connectivity index (χ0) is 12.0. The molecule has 0 spiro atoms. The van der Waals surface area contributed by atoms with Crippen molar-refractivity contribution < 1.29 is 4.74 Å². The quantitative estimate of drug-likeness (QED) is 0.776. The van der Waals surface area contributed by atoms with Crippen LogP contribution in [0, 0.1) is 11.5 Å². The molecule has 1 aliphatic rings. The molecule has 2 nitrogen and oxygen atoms in total. The molecule has 1 aromatic rings. The van der Waals surface area contributed by atoms with Gasteiger partial charge in [0.1, 0.15) is 0 Å². The molecule has 0 radical (unpaired) electrons. The van der Waals surface area contributed by atoms with Crippen molar-refractivity contribution in [3.8, 4) is 6.26 Å². The molecule has 0 fully saturated rings. The third kappa shape index (κ3) is 3.54. The Morgan fingerprint density at radius 3 is 2.61 bits per heavy atom. The Bertz CT molecular complexity index is 499. The van der Waals surface area contributed by atoms with Crippen molar-refractivity contribution in [2.24, 2.45) is 0 Å². The highest BCUT2D eigenvalue weighted by Crippen LogP contribution is 2.24. The second-order valence-corrected chi connectivity index (χ2v) is 3.88. The highest BCUT2D eigenvalue weighted by molar-refractivity contribution is 7.59. The van der Waals surface area contributed by atoms with Crippen LogP contribution in [0.25, 0.3) is 6.08 Å². The van der Waals surface area contributed by atoms with Crippen LogP contribution in [0.5, 0.6) is 0 Å². The first kappa shape index (κ1) is 14.1. The average molecular weight is 257 g/mol. The lowest BCUT2D eigenvalue weighted by Gasteiger charge is -2.24. The summed E-state index contributed by atoms with van der Waals surface area (Å²) in [6.07, 6.45) is 14.1. The van der Waals surface area contributed by atoms with Gasteiger partial charge in [0, 0.05) is 6.42 Å². The highest BCUT2D eigenvalue weighted by atomic mass is 32.1. The maximum absolute atomic E-state index is 8.72. The number of allylic oxidation sites excluding steroid dienone is 2. The number of benzene rings is 1. The van der Waals surface area contributed by atoms with Gasteiger partial charge in [-0.1, -0.05) is 54.6 Å². The molecule has 1 aromatic carbocycles. The maximum atomic E-state index is 8.72. The second-order valence-electron chi connectivity index (χ2n) is 3.88. The molecule has 0 aliphatic heterocycles. The van der Waals surface area contributed by atoms with E-state index in [-0.39, 0.29) is 13.5 Å². The maximum Gasteiger partial charge on any atom is 0.287 e. The molecule has 1 unspecified atom stereocenters. The molecule has 0 heterocycles. The van der Waals surface area contributed by atoms with E-state index in [1.807, 2.05) is 66.8 Å². The van der Waals surface area contributed by atoms with E-state index in [4.69, 9.17) is 10.00 Å². The van der Waals surface area contributed by atoms with Crippen molar-refractivity contribution in [1.29, 1.82) is 5.26 Å². The lowest BCUT2D eigenvalue weighted by atomic mass is 9.94. The number of hydrogen-bond acceptors (Lipinski definition) is 2. The van der Waals surface area contributed by atoms with Crippen molar-refractivity contribution in [3.63, 3.8) is 0 Å². The van der Waals surface area contributed by atoms with Gasteiger partial charge in [0.05, 0.1) is 0 Å². The van der Waals surface area contributed by atoms with Gasteiger partial charge in [-0.15, -0.1) is 0 Å². The van der Waals surface area contributed by atoms with Crippen LogP contribution in [0.2, 0.25) is 0 Å². The fourth-order valence-corrected chi connectivity index (χ4v) is 1.74. The lowest BCUT2D eigenvalue weighted by molar-refractivity contribution is 0.133. The summed E-state index contributed by atoms with van der Waals surface area (Å²) < 4.78 is 5.17. The Balaban J connectivity index is 0.00000162. The van der Waals surface area contributed by atoms with Gasteiger partial charge >= 0.3 is 0 Å². The average Bonchev–Trinajstić information content (AvgIpc) is 2.39. The van der Waals surface area contributed by atoms with E-state index in [9.17, 15) is 0 Å². The van der Waals surface area contributed by atoms with Crippen molar-refractivity contribution >= 4 is 19.6 Å². The molecule has 1 aliphatic carbocycles. The molecule has 92 valence electrons. The number of nitrogens with zero attached hydrogens (tertiary/aromatic N) is 1. The largest absolute Gasteiger partial charge is 0.412 e. The van der Waals surface area contributed by atoms with Crippen LogP contribution in [-0.4, -0.2) is 5.60 Å². The van der Waals surface area contributed by atoms with Crippen molar-refractivity contribution in [2.75, 3.05) is 0 Å².